The van der Waals surface area contributed by atoms with Gasteiger partial charge < -0.3 is 5.32 Å². The van der Waals surface area contributed by atoms with Crippen molar-refractivity contribution in [1.29, 1.82) is 0 Å². The molecule has 70 valence electrons. The number of rotatable bonds is 0. The first-order chi connectivity index (χ1) is 6.18. The van der Waals surface area contributed by atoms with Gasteiger partial charge in [0.05, 0.1) is 0 Å². The lowest BCUT2D eigenvalue weighted by molar-refractivity contribution is 0.679. The first-order valence-corrected chi connectivity index (χ1v) is 5.04. The van der Waals surface area contributed by atoms with Gasteiger partial charge in [0.15, 0.2) is 0 Å². The minimum absolute atomic E-state index is 0.632. The van der Waals surface area contributed by atoms with Crippen LogP contribution >= 0.6 is 0 Å². The molecule has 0 aliphatic carbocycles. The van der Waals surface area contributed by atoms with Gasteiger partial charge in [-0.15, -0.1) is 0 Å². The van der Waals surface area contributed by atoms with Crippen LogP contribution in [-0.2, 0) is 6.42 Å². The van der Waals surface area contributed by atoms with Crippen molar-refractivity contribution in [2.24, 2.45) is 0 Å². The van der Waals surface area contributed by atoms with Crippen LogP contribution in [0.5, 0.6) is 0 Å². The van der Waals surface area contributed by atoms with Crippen LogP contribution in [0.2, 0.25) is 0 Å². The maximum Gasteiger partial charge on any atom is 0.0407 e. The lowest BCUT2D eigenvalue weighted by Crippen LogP contribution is -2.22. The summed E-state index contributed by atoms with van der Waals surface area (Å²) >= 11 is 0. The average Bonchev–Trinajstić information content (AvgIpc) is 2.12. The van der Waals surface area contributed by atoms with Crippen molar-refractivity contribution in [3.05, 3.63) is 28.8 Å². The molecule has 1 N–H and O–H groups in total. The van der Waals surface area contributed by atoms with Crippen LogP contribution in [0, 0.1) is 13.8 Å². The normalized spacial score (nSPS) is 20.7. The van der Waals surface area contributed by atoms with Gasteiger partial charge in [-0.1, -0.05) is 12.1 Å². The molecule has 1 heterocycles. The maximum atomic E-state index is 3.57. The third kappa shape index (κ3) is 1.43. The highest BCUT2D eigenvalue weighted by molar-refractivity contribution is 5.61. The fraction of sp³-hybridized carbons (Fsp3) is 0.500. The van der Waals surface area contributed by atoms with Crippen molar-refractivity contribution in [2.45, 2.75) is 39.7 Å². The van der Waals surface area contributed by atoms with Gasteiger partial charge in [-0.05, 0) is 50.3 Å². The van der Waals surface area contributed by atoms with Crippen molar-refractivity contribution in [3.63, 3.8) is 0 Å². The van der Waals surface area contributed by atoms with Crippen molar-refractivity contribution in [2.75, 3.05) is 5.32 Å². The average molecular weight is 175 g/mol. The summed E-state index contributed by atoms with van der Waals surface area (Å²) in [5.74, 6) is 0. The number of nitrogens with one attached hydrogen (secondary N) is 1. The van der Waals surface area contributed by atoms with Crippen molar-refractivity contribution >= 4 is 5.69 Å². The zero-order valence-electron chi connectivity index (χ0n) is 8.65. The Hall–Kier alpha value is -0.980. The Balaban J connectivity index is 2.48. The number of anilines is 1. The minimum atomic E-state index is 0.632. The Morgan fingerprint density at radius 1 is 1.31 bits per heavy atom. The molecule has 0 amide bonds. The number of fused-ring (bicyclic) bond motifs is 1. The number of aryl methyl sites for hydroxylation is 2. The highest BCUT2D eigenvalue weighted by Crippen LogP contribution is 2.29. The molecule has 0 saturated heterocycles. The molecule has 2 rings (SSSR count). The molecule has 0 bridgehead atoms. The molecule has 1 atom stereocenters. The van der Waals surface area contributed by atoms with Crippen molar-refractivity contribution in [1.82, 2.24) is 0 Å². The Labute approximate surface area is 80.2 Å². The molecule has 0 aromatic heterocycles. The Morgan fingerprint density at radius 3 is 2.85 bits per heavy atom. The van der Waals surface area contributed by atoms with Crippen LogP contribution < -0.4 is 5.32 Å². The molecular weight excluding hydrogens is 158 g/mol. The van der Waals surface area contributed by atoms with E-state index in [0.29, 0.717) is 6.04 Å². The van der Waals surface area contributed by atoms with E-state index in [2.05, 4.69) is 38.2 Å². The van der Waals surface area contributed by atoms with E-state index >= 15 is 0 Å². The standard InChI is InChI=1S/C12H17N/c1-8-4-6-11-7-5-9(2)13-12(11)10(8)3/h4,6,9,13H,5,7H2,1-3H3/t9-/m1/s1. The quantitative estimate of drug-likeness (QED) is 0.639. The summed E-state index contributed by atoms with van der Waals surface area (Å²) in [5, 5.41) is 3.57. The molecular formula is C12H17N. The van der Waals surface area contributed by atoms with Crippen LogP contribution in [-0.4, -0.2) is 6.04 Å². The van der Waals surface area contributed by atoms with E-state index in [-0.39, 0.29) is 0 Å². The predicted octanol–water partition coefficient (Wildman–Crippen LogP) is 3.05. The van der Waals surface area contributed by atoms with Gasteiger partial charge in [-0.2, -0.15) is 0 Å². The van der Waals surface area contributed by atoms with E-state index < -0.39 is 0 Å². The summed E-state index contributed by atoms with van der Waals surface area (Å²) < 4.78 is 0. The Bertz CT molecular complexity index is 328. The van der Waals surface area contributed by atoms with Crippen LogP contribution in [0.4, 0.5) is 5.69 Å². The topological polar surface area (TPSA) is 12.0 Å². The second-order valence-electron chi connectivity index (χ2n) is 4.13. The van der Waals surface area contributed by atoms with Gasteiger partial charge in [0.25, 0.3) is 0 Å². The fourth-order valence-corrected chi connectivity index (χ4v) is 1.97. The van der Waals surface area contributed by atoms with Crippen LogP contribution in [0.1, 0.15) is 30.0 Å². The van der Waals surface area contributed by atoms with E-state index in [1.165, 1.54) is 35.2 Å². The first-order valence-electron chi connectivity index (χ1n) is 5.04. The van der Waals surface area contributed by atoms with Gasteiger partial charge in [-0.25, -0.2) is 0 Å². The molecule has 0 unspecified atom stereocenters. The summed E-state index contributed by atoms with van der Waals surface area (Å²) in [6.07, 6.45) is 2.49. The van der Waals surface area contributed by atoms with Gasteiger partial charge in [0, 0.05) is 11.7 Å². The monoisotopic (exact) mass is 175 g/mol. The van der Waals surface area contributed by atoms with E-state index in [4.69, 9.17) is 0 Å². The van der Waals surface area contributed by atoms with Gasteiger partial charge in [0.1, 0.15) is 0 Å². The first kappa shape index (κ1) is 8.61. The van der Waals surface area contributed by atoms with Crippen LogP contribution in [0.25, 0.3) is 0 Å². The van der Waals surface area contributed by atoms with E-state index in [1.54, 1.807) is 0 Å². The van der Waals surface area contributed by atoms with E-state index in [9.17, 15) is 0 Å². The van der Waals surface area contributed by atoms with Crippen molar-refractivity contribution in [3.8, 4) is 0 Å². The summed E-state index contributed by atoms with van der Waals surface area (Å²) in [5.41, 5.74) is 5.68. The Morgan fingerprint density at radius 2 is 2.08 bits per heavy atom. The minimum Gasteiger partial charge on any atom is -0.382 e. The van der Waals surface area contributed by atoms with Gasteiger partial charge in [-0.3, -0.25) is 0 Å². The third-order valence-corrected chi connectivity index (χ3v) is 3.06. The maximum absolute atomic E-state index is 3.57. The molecule has 1 nitrogen and oxygen atoms in total. The zero-order chi connectivity index (χ0) is 9.42. The second kappa shape index (κ2) is 3.06. The summed E-state index contributed by atoms with van der Waals surface area (Å²) in [7, 11) is 0. The molecule has 1 aliphatic rings. The molecule has 1 aromatic carbocycles. The fourth-order valence-electron chi connectivity index (χ4n) is 1.97. The summed E-state index contributed by atoms with van der Waals surface area (Å²) in [6.45, 7) is 6.64. The molecule has 1 aromatic rings. The van der Waals surface area contributed by atoms with Crippen molar-refractivity contribution < 1.29 is 0 Å². The molecule has 0 fully saturated rings. The molecule has 1 heteroatoms. The van der Waals surface area contributed by atoms with Crippen LogP contribution in [0.15, 0.2) is 12.1 Å². The molecule has 0 radical (unpaired) electrons. The largest absolute Gasteiger partial charge is 0.382 e. The Kier molecular flexibility index (Phi) is 2.03. The zero-order valence-corrected chi connectivity index (χ0v) is 8.65. The smallest absolute Gasteiger partial charge is 0.0407 e. The van der Waals surface area contributed by atoms with Gasteiger partial charge in [0.2, 0.25) is 0 Å². The van der Waals surface area contributed by atoms with E-state index in [1.807, 2.05) is 0 Å². The second-order valence-corrected chi connectivity index (χ2v) is 4.13. The summed E-state index contributed by atoms with van der Waals surface area (Å²) in [4.78, 5) is 0. The number of hydrogen-bond donors (Lipinski definition) is 1. The van der Waals surface area contributed by atoms with Crippen LogP contribution in [0.3, 0.4) is 0 Å². The van der Waals surface area contributed by atoms with Gasteiger partial charge >= 0.3 is 0 Å². The lowest BCUT2D eigenvalue weighted by atomic mass is 9.94. The molecule has 13 heavy (non-hydrogen) atoms. The highest BCUT2D eigenvalue weighted by Gasteiger charge is 2.15. The number of benzene rings is 1. The summed E-state index contributed by atoms with van der Waals surface area (Å²) in [6, 6.07) is 5.12. The predicted molar refractivity (Wildman–Crippen MR) is 57.3 cm³/mol. The lowest BCUT2D eigenvalue weighted by Gasteiger charge is -2.26. The molecule has 0 spiro atoms. The molecule has 1 aliphatic heterocycles. The number of hydrogen-bond acceptors (Lipinski definition) is 1. The highest BCUT2D eigenvalue weighted by atomic mass is 14.9. The molecule has 0 saturated carbocycles. The van der Waals surface area contributed by atoms with E-state index in [0.717, 1.165) is 0 Å². The SMILES string of the molecule is Cc1ccc2c(c1C)N[C@H](C)CC2. The third-order valence-electron chi connectivity index (χ3n) is 3.06.